The molecule has 0 bridgehead atoms. The highest BCUT2D eigenvalue weighted by molar-refractivity contribution is 6.62. The zero-order valence-electron chi connectivity index (χ0n) is 17.2. The Hall–Kier alpha value is 0.0969. The summed E-state index contributed by atoms with van der Waals surface area (Å²) in [6.07, 6.45) is 14.9. The molecule has 0 heterocycles. The van der Waals surface area contributed by atoms with Gasteiger partial charge in [-0.05, 0) is 27.2 Å². The fourth-order valence-electron chi connectivity index (χ4n) is 3.27. The molecule has 1 atom stereocenters. The molecule has 0 aliphatic carbocycles. The van der Waals surface area contributed by atoms with Crippen LogP contribution in [0.5, 0.6) is 0 Å². The lowest BCUT2D eigenvalue weighted by atomic mass is 10.1. The first-order valence-electron chi connectivity index (χ1n) is 10.6. The largest absolute Gasteiger partial charge is 0.503 e. The first-order chi connectivity index (χ1) is 11.7. The molecule has 0 spiro atoms. The summed E-state index contributed by atoms with van der Waals surface area (Å²) >= 11 is 0. The second-order valence-corrected chi connectivity index (χ2v) is 9.83. The standard InChI is InChI=1S/C20H44O3Si/c1-6-10-11-12-13-14-15-16-17-18-19-20(5)24(21-7-2,22-8-3)23-9-4/h20H,6-19H2,1-5H3. The van der Waals surface area contributed by atoms with E-state index in [1.54, 1.807) is 0 Å². The Morgan fingerprint density at radius 1 is 0.583 bits per heavy atom. The van der Waals surface area contributed by atoms with Crippen LogP contribution in [0.3, 0.4) is 0 Å². The second-order valence-electron chi connectivity index (χ2n) is 6.77. The van der Waals surface area contributed by atoms with Gasteiger partial charge in [0.25, 0.3) is 0 Å². The van der Waals surface area contributed by atoms with E-state index in [0.29, 0.717) is 25.4 Å². The normalized spacial score (nSPS) is 13.4. The number of unbranched alkanes of at least 4 members (excludes halogenated alkanes) is 9. The van der Waals surface area contributed by atoms with Crippen LogP contribution in [0, 0.1) is 0 Å². The van der Waals surface area contributed by atoms with Crippen molar-refractivity contribution in [2.45, 2.75) is 111 Å². The van der Waals surface area contributed by atoms with Gasteiger partial charge in [-0.2, -0.15) is 0 Å². The molecule has 0 aromatic rings. The molecule has 0 N–H and O–H groups in total. The first kappa shape index (κ1) is 24.1. The minimum atomic E-state index is -2.49. The van der Waals surface area contributed by atoms with E-state index in [9.17, 15) is 0 Å². The van der Waals surface area contributed by atoms with Gasteiger partial charge in [0, 0.05) is 25.4 Å². The zero-order valence-corrected chi connectivity index (χ0v) is 18.2. The monoisotopic (exact) mass is 360 g/mol. The average molecular weight is 361 g/mol. The molecular formula is C20H44O3Si. The molecule has 4 heteroatoms. The topological polar surface area (TPSA) is 27.7 Å². The third-order valence-corrected chi connectivity index (χ3v) is 8.20. The van der Waals surface area contributed by atoms with E-state index in [1.807, 2.05) is 20.8 Å². The first-order valence-corrected chi connectivity index (χ1v) is 12.4. The maximum atomic E-state index is 6.01. The van der Waals surface area contributed by atoms with Crippen molar-refractivity contribution in [1.29, 1.82) is 0 Å². The van der Waals surface area contributed by atoms with Gasteiger partial charge in [0.1, 0.15) is 0 Å². The number of hydrogen-bond donors (Lipinski definition) is 0. The smallest absolute Gasteiger partial charge is 0.374 e. The molecule has 0 rings (SSSR count). The van der Waals surface area contributed by atoms with Crippen molar-refractivity contribution >= 4 is 8.80 Å². The molecule has 146 valence electrons. The van der Waals surface area contributed by atoms with Gasteiger partial charge in [0.05, 0.1) is 0 Å². The SMILES string of the molecule is CCCCCCCCCCCCC(C)[Si](OCC)(OCC)OCC. The van der Waals surface area contributed by atoms with E-state index in [1.165, 1.54) is 64.2 Å². The van der Waals surface area contributed by atoms with Crippen molar-refractivity contribution in [2.24, 2.45) is 0 Å². The van der Waals surface area contributed by atoms with Gasteiger partial charge in [0.2, 0.25) is 0 Å². The minimum absolute atomic E-state index is 0.395. The quantitative estimate of drug-likeness (QED) is 0.200. The van der Waals surface area contributed by atoms with Crippen LogP contribution in [-0.4, -0.2) is 28.6 Å². The van der Waals surface area contributed by atoms with Crippen molar-refractivity contribution in [3.63, 3.8) is 0 Å². The Kier molecular flexibility index (Phi) is 16.6. The molecule has 24 heavy (non-hydrogen) atoms. The molecule has 0 saturated heterocycles. The second kappa shape index (κ2) is 16.6. The fourth-order valence-corrected chi connectivity index (χ4v) is 6.14. The van der Waals surface area contributed by atoms with Crippen LogP contribution in [0.25, 0.3) is 0 Å². The molecule has 0 fully saturated rings. The Morgan fingerprint density at radius 2 is 0.958 bits per heavy atom. The fraction of sp³-hybridized carbons (Fsp3) is 1.00. The Morgan fingerprint density at radius 3 is 1.33 bits per heavy atom. The van der Waals surface area contributed by atoms with Gasteiger partial charge in [-0.15, -0.1) is 0 Å². The summed E-state index contributed by atoms with van der Waals surface area (Å²) in [7, 11) is -2.49. The maximum absolute atomic E-state index is 6.01. The average Bonchev–Trinajstić information content (AvgIpc) is 2.57. The summed E-state index contributed by atoms with van der Waals surface area (Å²) in [5.41, 5.74) is 0.395. The minimum Gasteiger partial charge on any atom is -0.374 e. The van der Waals surface area contributed by atoms with Gasteiger partial charge in [-0.3, -0.25) is 0 Å². The Bertz CT molecular complexity index is 244. The van der Waals surface area contributed by atoms with Crippen molar-refractivity contribution in [3.8, 4) is 0 Å². The van der Waals surface area contributed by atoms with E-state index in [0.717, 1.165) is 6.42 Å². The number of rotatable bonds is 18. The molecule has 0 aromatic heterocycles. The molecule has 0 aliphatic heterocycles. The lowest BCUT2D eigenvalue weighted by molar-refractivity contribution is 0.0612. The molecule has 3 nitrogen and oxygen atoms in total. The van der Waals surface area contributed by atoms with Crippen molar-refractivity contribution in [3.05, 3.63) is 0 Å². The van der Waals surface area contributed by atoms with E-state index in [2.05, 4.69) is 13.8 Å². The van der Waals surface area contributed by atoms with E-state index < -0.39 is 8.80 Å². The third-order valence-electron chi connectivity index (χ3n) is 4.63. The summed E-state index contributed by atoms with van der Waals surface area (Å²) < 4.78 is 18.0. The van der Waals surface area contributed by atoms with Crippen LogP contribution in [0.2, 0.25) is 5.54 Å². The summed E-state index contributed by atoms with van der Waals surface area (Å²) in [5, 5.41) is 0. The van der Waals surface area contributed by atoms with Crippen molar-refractivity contribution in [1.82, 2.24) is 0 Å². The summed E-state index contributed by atoms with van der Waals surface area (Å²) in [4.78, 5) is 0. The van der Waals surface area contributed by atoms with Crippen LogP contribution in [-0.2, 0) is 13.3 Å². The highest BCUT2D eigenvalue weighted by Gasteiger charge is 2.46. The summed E-state index contributed by atoms with van der Waals surface area (Å²) in [6, 6.07) is 0. The highest BCUT2D eigenvalue weighted by Crippen LogP contribution is 2.30. The Labute approximate surface area is 153 Å². The van der Waals surface area contributed by atoms with E-state index >= 15 is 0 Å². The molecule has 0 saturated carbocycles. The Balaban J connectivity index is 3.89. The number of hydrogen-bond acceptors (Lipinski definition) is 3. The molecular weight excluding hydrogens is 316 g/mol. The highest BCUT2D eigenvalue weighted by atomic mass is 28.4. The molecule has 0 radical (unpaired) electrons. The van der Waals surface area contributed by atoms with Crippen LogP contribution in [0.15, 0.2) is 0 Å². The molecule has 1 unspecified atom stereocenters. The lowest BCUT2D eigenvalue weighted by Crippen LogP contribution is -2.49. The van der Waals surface area contributed by atoms with Crippen molar-refractivity contribution < 1.29 is 13.3 Å². The van der Waals surface area contributed by atoms with Crippen molar-refractivity contribution in [2.75, 3.05) is 19.8 Å². The third kappa shape index (κ3) is 10.9. The van der Waals surface area contributed by atoms with E-state index in [4.69, 9.17) is 13.3 Å². The van der Waals surface area contributed by atoms with Crippen LogP contribution in [0.4, 0.5) is 0 Å². The van der Waals surface area contributed by atoms with Gasteiger partial charge in [-0.1, -0.05) is 78.1 Å². The van der Waals surface area contributed by atoms with E-state index in [-0.39, 0.29) is 0 Å². The molecule has 0 aromatic carbocycles. The van der Waals surface area contributed by atoms with Crippen LogP contribution < -0.4 is 0 Å². The summed E-state index contributed by atoms with van der Waals surface area (Å²) in [6.45, 7) is 12.7. The predicted molar refractivity (Wildman–Crippen MR) is 107 cm³/mol. The predicted octanol–water partition coefficient (Wildman–Crippen LogP) is 6.74. The van der Waals surface area contributed by atoms with Gasteiger partial charge in [-0.25, -0.2) is 0 Å². The molecule has 0 amide bonds. The molecule has 0 aliphatic rings. The van der Waals surface area contributed by atoms with Gasteiger partial charge < -0.3 is 13.3 Å². The summed E-state index contributed by atoms with van der Waals surface area (Å²) in [5.74, 6) is 0. The van der Waals surface area contributed by atoms with Gasteiger partial charge in [0.15, 0.2) is 0 Å². The van der Waals surface area contributed by atoms with Gasteiger partial charge >= 0.3 is 8.80 Å². The van der Waals surface area contributed by atoms with Crippen LogP contribution in [0.1, 0.15) is 105 Å². The lowest BCUT2D eigenvalue weighted by Gasteiger charge is -2.33. The zero-order chi connectivity index (χ0) is 18.1. The maximum Gasteiger partial charge on any atom is 0.503 e. The van der Waals surface area contributed by atoms with Crippen LogP contribution >= 0.6 is 0 Å².